The first-order chi connectivity index (χ1) is 14.7. The summed E-state index contributed by atoms with van der Waals surface area (Å²) in [5.41, 5.74) is 2.83. The van der Waals surface area contributed by atoms with Gasteiger partial charge in [0.15, 0.2) is 5.78 Å². The van der Waals surface area contributed by atoms with Crippen molar-refractivity contribution in [2.45, 2.75) is 25.8 Å². The SMILES string of the molecule is COc1cccc(NC(C(=O)c2c(-c3ccccc3)noc2C)C2CCOCC2)c1. The van der Waals surface area contributed by atoms with E-state index in [1.54, 1.807) is 14.0 Å². The normalized spacial score (nSPS) is 15.5. The lowest BCUT2D eigenvalue weighted by Crippen LogP contribution is -2.40. The Hall–Kier alpha value is -3.12. The second kappa shape index (κ2) is 9.13. The van der Waals surface area contributed by atoms with E-state index >= 15 is 0 Å². The van der Waals surface area contributed by atoms with Crippen molar-refractivity contribution in [3.63, 3.8) is 0 Å². The van der Waals surface area contributed by atoms with E-state index in [4.69, 9.17) is 14.0 Å². The maximum Gasteiger partial charge on any atom is 0.191 e. The molecule has 3 aromatic rings. The summed E-state index contributed by atoms with van der Waals surface area (Å²) in [7, 11) is 1.63. The van der Waals surface area contributed by atoms with E-state index < -0.39 is 6.04 Å². The standard InChI is InChI=1S/C24H26N2O4/c1-16-21(22(26-30-16)17-7-4-3-5-8-17)24(27)23(18-11-13-29-14-12-18)25-19-9-6-10-20(15-19)28-2/h3-10,15,18,23,25H,11-14H2,1-2H3. The zero-order valence-electron chi connectivity index (χ0n) is 17.3. The molecule has 0 saturated carbocycles. The Balaban J connectivity index is 1.70. The molecule has 2 heterocycles. The van der Waals surface area contributed by atoms with E-state index in [0.29, 0.717) is 30.2 Å². The number of Topliss-reactive ketones (excluding diaryl/α,β-unsaturated/α-hetero) is 1. The quantitative estimate of drug-likeness (QED) is 0.571. The minimum absolute atomic E-state index is 0.0117. The van der Waals surface area contributed by atoms with Gasteiger partial charge >= 0.3 is 0 Å². The maximum atomic E-state index is 13.8. The molecule has 0 radical (unpaired) electrons. The number of carbonyl (C=O) groups is 1. The average molecular weight is 406 g/mol. The second-order valence-electron chi connectivity index (χ2n) is 7.50. The fourth-order valence-electron chi connectivity index (χ4n) is 3.95. The summed E-state index contributed by atoms with van der Waals surface area (Å²) in [6.45, 7) is 3.10. The fourth-order valence-corrected chi connectivity index (χ4v) is 3.95. The van der Waals surface area contributed by atoms with Crippen LogP contribution in [0.1, 0.15) is 29.0 Å². The molecule has 1 aliphatic rings. The van der Waals surface area contributed by atoms with Crippen molar-refractivity contribution >= 4 is 11.5 Å². The van der Waals surface area contributed by atoms with Crippen molar-refractivity contribution in [2.75, 3.05) is 25.6 Å². The van der Waals surface area contributed by atoms with E-state index in [9.17, 15) is 4.79 Å². The molecule has 2 aromatic carbocycles. The van der Waals surface area contributed by atoms with Crippen LogP contribution >= 0.6 is 0 Å². The molecule has 1 aliphatic heterocycles. The Morgan fingerprint density at radius 2 is 1.90 bits per heavy atom. The van der Waals surface area contributed by atoms with E-state index in [-0.39, 0.29) is 11.7 Å². The van der Waals surface area contributed by atoms with Crippen molar-refractivity contribution in [1.29, 1.82) is 0 Å². The lowest BCUT2D eigenvalue weighted by molar-refractivity contribution is 0.0565. The molecular formula is C24H26N2O4. The van der Waals surface area contributed by atoms with Crippen molar-refractivity contribution in [1.82, 2.24) is 5.16 Å². The van der Waals surface area contributed by atoms with Gasteiger partial charge in [0.1, 0.15) is 17.2 Å². The molecule has 1 fully saturated rings. The van der Waals surface area contributed by atoms with Gasteiger partial charge in [0.05, 0.1) is 18.7 Å². The van der Waals surface area contributed by atoms with Crippen molar-refractivity contribution in [3.8, 4) is 17.0 Å². The van der Waals surface area contributed by atoms with Crippen LogP contribution in [0.5, 0.6) is 5.75 Å². The first-order valence-corrected chi connectivity index (χ1v) is 10.2. The van der Waals surface area contributed by atoms with Crippen LogP contribution in [0.15, 0.2) is 59.1 Å². The summed E-state index contributed by atoms with van der Waals surface area (Å²) in [6.07, 6.45) is 1.64. The highest BCUT2D eigenvalue weighted by Crippen LogP contribution is 2.31. The fraction of sp³-hybridized carbons (Fsp3) is 0.333. The number of ketones is 1. The lowest BCUT2D eigenvalue weighted by atomic mass is 9.85. The number of aryl methyl sites for hydroxylation is 1. The number of anilines is 1. The predicted molar refractivity (Wildman–Crippen MR) is 115 cm³/mol. The molecule has 30 heavy (non-hydrogen) atoms. The molecule has 1 N–H and O–H groups in total. The van der Waals surface area contributed by atoms with Crippen molar-refractivity contribution in [3.05, 3.63) is 65.9 Å². The molecule has 1 unspecified atom stereocenters. The molecule has 156 valence electrons. The molecule has 1 atom stereocenters. The third-order valence-electron chi connectivity index (χ3n) is 5.57. The van der Waals surface area contributed by atoms with Gasteiger partial charge in [-0.25, -0.2) is 0 Å². The van der Waals surface area contributed by atoms with Crippen molar-refractivity contribution < 1.29 is 18.8 Å². The summed E-state index contributed by atoms with van der Waals surface area (Å²) in [6, 6.07) is 16.9. The van der Waals surface area contributed by atoms with E-state index in [1.807, 2.05) is 54.6 Å². The number of hydrogen-bond acceptors (Lipinski definition) is 6. The van der Waals surface area contributed by atoms with Crippen LogP contribution < -0.4 is 10.1 Å². The zero-order chi connectivity index (χ0) is 20.9. The van der Waals surface area contributed by atoms with E-state index in [0.717, 1.165) is 29.8 Å². The predicted octanol–water partition coefficient (Wildman–Crippen LogP) is 4.75. The largest absolute Gasteiger partial charge is 0.497 e. The van der Waals surface area contributed by atoms with Gasteiger partial charge in [0.2, 0.25) is 0 Å². The molecule has 0 amide bonds. The summed E-state index contributed by atoms with van der Waals surface area (Å²) in [4.78, 5) is 13.8. The van der Waals surface area contributed by atoms with Gasteiger partial charge in [-0.1, -0.05) is 41.6 Å². The first kappa shape index (κ1) is 20.2. The first-order valence-electron chi connectivity index (χ1n) is 10.2. The monoisotopic (exact) mass is 406 g/mol. The molecule has 0 spiro atoms. The number of nitrogens with zero attached hydrogens (tertiary/aromatic N) is 1. The molecule has 6 heteroatoms. The third kappa shape index (κ3) is 4.24. The van der Waals surface area contributed by atoms with Gasteiger partial charge in [0.25, 0.3) is 0 Å². The van der Waals surface area contributed by atoms with Gasteiger partial charge in [-0.05, 0) is 37.8 Å². The van der Waals surface area contributed by atoms with E-state index in [1.165, 1.54) is 0 Å². The Labute approximate surface area is 176 Å². The van der Waals surface area contributed by atoms with E-state index in [2.05, 4.69) is 10.5 Å². The van der Waals surface area contributed by atoms with Crippen LogP contribution in [0, 0.1) is 12.8 Å². The Kier molecular flexibility index (Phi) is 6.14. The Morgan fingerprint density at radius 3 is 2.63 bits per heavy atom. The summed E-state index contributed by atoms with van der Waals surface area (Å²) >= 11 is 0. The molecular weight excluding hydrogens is 380 g/mol. The number of hydrogen-bond donors (Lipinski definition) is 1. The molecule has 4 rings (SSSR count). The number of aromatic nitrogens is 1. The van der Waals surface area contributed by atoms with Crippen LogP contribution in [0.25, 0.3) is 11.3 Å². The van der Waals surface area contributed by atoms with Gasteiger partial charge in [-0.2, -0.15) is 0 Å². The van der Waals surface area contributed by atoms with Crippen LogP contribution in [0.2, 0.25) is 0 Å². The smallest absolute Gasteiger partial charge is 0.191 e. The van der Waals surface area contributed by atoms with Crippen LogP contribution in [0.3, 0.4) is 0 Å². The number of methoxy groups -OCH3 is 1. The van der Waals surface area contributed by atoms with Crippen LogP contribution in [-0.2, 0) is 4.74 Å². The molecule has 1 aromatic heterocycles. The van der Waals surface area contributed by atoms with Crippen LogP contribution in [-0.4, -0.2) is 37.3 Å². The maximum absolute atomic E-state index is 13.8. The molecule has 6 nitrogen and oxygen atoms in total. The van der Waals surface area contributed by atoms with Gasteiger partial charge < -0.3 is 19.3 Å². The summed E-state index contributed by atoms with van der Waals surface area (Å²) < 4.78 is 16.3. The van der Waals surface area contributed by atoms with Crippen LogP contribution in [0.4, 0.5) is 5.69 Å². The highest BCUT2D eigenvalue weighted by Gasteiger charge is 2.34. The highest BCUT2D eigenvalue weighted by atomic mass is 16.5. The minimum atomic E-state index is -0.415. The second-order valence-corrected chi connectivity index (χ2v) is 7.50. The van der Waals surface area contributed by atoms with Gasteiger partial charge in [-0.3, -0.25) is 4.79 Å². The molecule has 0 aliphatic carbocycles. The van der Waals surface area contributed by atoms with Gasteiger partial charge in [0, 0.05) is 30.5 Å². The summed E-state index contributed by atoms with van der Waals surface area (Å²) in [5.74, 6) is 1.41. The number of benzene rings is 2. The third-order valence-corrected chi connectivity index (χ3v) is 5.57. The Morgan fingerprint density at radius 1 is 1.13 bits per heavy atom. The lowest BCUT2D eigenvalue weighted by Gasteiger charge is -2.30. The molecule has 0 bridgehead atoms. The zero-order valence-corrected chi connectivity index (χ0v) is 17.3. The Bertz CT molecular complexity index is 993. The average Bonchev–Trinajstić information content (AvgIpc) is 3.19. The summed E-state index contributed by atoms with van der Waals surface area (Å²) in [5, 5.41) is 7.66. The number of ether oxygens (including phenoxy) is 2. The number of rotatable bonds is 7. The van der Waals surface area contributed by atoms with Gasteiger partial charge in [-0.15, -0.1) is 0 Å². The minimum Gasteiger partial charge on any atom is -0.497 e. The highest BCUT2D eigenvalue weighted by molar-refractivity contribution is 6.07. The van der Waals surface area contributed by atoms with Crippen molar-refractivity contribution in [2.24, 2.45) is 5.92 Å². The number of nitrogens with one attached hydrogen (secondary N) is 1. The molecule has 1 saturated heterocycles. The topological polar surface area (TPSA) is 73.6 Å². The number of carbonyl (C=O) groups excluding carboxylic acids is 1.